The summed E-state index contributed by atoms with van der Waals surface area (Å²) in [7, 11) is 0. The summed E-state index contributed by atoms with van der Waals surface area (Å²) in [5, 5.41) is 11.7. The summed E-state index contributed by atoms with van der Waals surface area (Å²) >= 11 is 0. The van der Waals surface area contributed by atoms with Gasteiger partial charge < -0.3 is 10.9 Å². The number of nitrogens with two attached hydrogens (primary N) is 1. The van der Waals surface area contributed by atoms with E-state index < -0.39 is 0 Å². The first-order valence-electron chi connectivity index (χ1n) is 6.27. The van der Waals surface area contributed by atoms with Gasteiger partial charge in [-0.25, -0.2) is 0 Å². The van der Waals surface area contributed by atoms with Crippen molar-refractivity contribution in [2.75, 3.05) is 13.1 Å². The van der Waals surface area contributed by atoms with Crippen LogP contribution in [-0.2, 0) is 0 Å². The van der Waals surface area contributed by atoms with Crippen molar-refractivity contribution >= 4 is 5.84 Å². The molecule has 0 saturated heterocycles. The molecule has 1 aliphatic carbocycles. The second-order valence-electron chi connectivity index (χ2n) is 5.23. The van der Waals surface area contributed by atoms with Gasteiger partial charge in [0.05, 0.1) is 6.54 Å². The van der Waals surface area contributed by atoms with Gasteiger partial charge in [-0.3, -0.25) is 4.90 Å². The lowest BCUT2D eigenvalue weighted by Crippen LogP contribution is -2.44. The van der Waals surface area contributed by atoms with Crippen molar-refractivity contribution in [3.8, 4) is 0 Å². The highest BCUT2D eigenvalue weighted by molar-refractivity contribution is 5.81. The van der Waals surface area contributed by atoms with Crippen molar-refractivity contribution in [1.29, 1.82) is 0 Å². The molecule has 0 bridgehead atoms. The Morgan fingerprint density at radius 2 is 1.88 bits per heavy atom. The Kier molecular flexibility index (Phi) is 5.06. The van der Waals surface area contributed by atoms with Gasteiger partial charge in [0.25, 0.3) is 0 Å². The summed E-state index contributed by atoms with van der Waals surface area (Å²) in [4.78, 5) is 2.32. The topological polar surface area (TPSA) is 61.8 Å². The number of likely N-dealkylation sites (N-methyl/N-ethyl adjacent to an activating group) is 1. The summed E-state index contributed by atoms with van der Waals surface area (Å²) in [6.45, 7) is 8.31. The third-order valence-electron chi connectivity index (χ3n) is 3.57. The van der Waals surface area contributed by atoms with Crippen LogP contribution >= 0.6 is 0 Å². The highest BCUT2D eigenvalue weighted by atomic mass is 16.4. The SMILES string of the molecule is CCN(CC(N)=NO)C1CC(C)CC(C)C1. The molecular formula is C12H25N3O. The van der Waals surface area contributed by atoms with Gasteiger partial charge >= 0.3 is 0 Å². The molecule has 0 spiro atoms. The van der Waals surface area contributed by atoms with Crippen molar-refractivity contribution in [2.24, 2.45) is 22.7 Å². The number of oxime groups is 1. The van der Waals surface area contributed by atoms with Crippen LogP contribution < -0.4 is 5.73 Å². The van der Waals surface area contributed by atoms with E-state index in [9.17, 15) is 0 Å². The van der Waals surface area contributed by atoms with Crippen LogP contribution in [0.4, 0.5) is 0 Å². The Balaban J connectivity index is 2.57. The number of hydrogen-bond donors (Lipinski definition) is 2. The summed E-state index contributed by atoms with van der Waals surface area (Å²) in [5.41, 5.74) is 5.58. The fraction of sp³-hybridized carbons (Fsp3) is 0.917. The lowest BCUT2D eigenvalue weighted by molar-refractivity contribution is 0.128. The molecule has 4 nitrogen and oxygen atoms in total. The highest BCUT2D eigenvalue weighted by Gasteiger charge is 2.27. The molecule has 1 fully saturated rings. The lowest BCUT2D eigenvalue weighted by Gasteiger charge is -2.38. The van der Waals surface area contributed by atoms with E-state index in [0.717, 1.165) is 18.4 Å². The van der Waals surface area contributed by atoms with Gasteiger partial charge in [-0.05, 0) is 37.6 Å². The van der Waals surface area contributed by atoms with Crippen LogP contribution in [0.5, 0.6) is 0 Å². The van der Waals surface area contributed by atoms with Crippen LogP contribution in [0.2, 0.25) is 0 Å². The standard InChI is InChI=1S/C12H25N3O/c1-4-15(8-12(13)14-16)11-6-9(2)5-10(3)7-11/h9-11,16H,4-8H2,1-3H3,(H2,13,14). The molecule has 1 saturated carbocycles. The van der Waals surface area contributed by atoms with E-state index in [1.54, 1.807) is 0 Å². The molecule has 0 radical (unpaired) electrons. The molecule has 94 valence electrons. The van der Waals surface area contributed by atoms with Crippen LogP contribution in [0.3, 0.4) is 0 Å². The molecule has 0 aliphatic heterocycles. The second-order valence-corrected chi connectivity index (χ2v) is 5.23. The van der Waals surface area contributed by atoms with Crippen LogP contribution in [0.1, 0.15) is 40.0 Å². The molecule has 3 N–H and O–H groups in total. The quantitative estimate of drug-likeness (QED) is 0.333. The first-order chi connectivity index (χ1) is 7.56. The van der Waals surface area contributed by atoms with Gasteiger partial charge in [0.1, 0.15) is 0 Å². The Hall–Kier alpha value is -0.770. The van der Waals surface area contributed by atoms with Gasteiger partial charge in [-0.1, -0.05) is 25.9 Å². The van der Waals surface area contributed by atoms with Gasteiger partial charge in [-0.2, -0.15) is 0 Å². The monoisotopic (exact) mass is 227 g/mol. The first-order valence-corrected chi connectivity index (χ1v) is 6.27. The average Bonchev–Trinajstić information content (AvgIpc) is 2.24. The van der Waals surface area contributed by atoms with Gasteiger partial charge in [0.15, 0.2) is 5.84 Å². The fourth-order valence-corrected chi connectivity index (χ4v) is 2.94. The lowest BCUT2D eigenvalue weighted by atomic mass is 9.80. The third kappa shape index (κ3) is 3.67. The molecule has 0 aromatic rings. The molecule has 2 unspecified atom stereocenters. The van der Waals surface area contributed by atoms with Crippen molar-refractivity contribution < 1.29 is 5.21 Å². The molecule has 16 heavy (non-hydrogen) atoms. The molecule has 0 heterocycles. The zero-order chi connectivity index (χ0) is 12.1. The van der Waals surface area contributed by atoms with Crippen LogP contribution in [-0.4, -0.2) is 35.1 Å². The molecule has 2 atom stereocenters. The number of rotatable bonds is 4. The molecule has 0 aromatic heterocycles. The van der Waals surface area contributed by atoms with E-state index >= 15 is 0 Å². The summed E-state index contributed by atoms with van der Waals surface area (Å²) in [6, 6.07) is 0.587. The summed E-state index contributed by atoms with van der Waals surface area (Å²) < 4.78 is 0. The molecule has 0 aromatic carbocycles. The molecule has 4 heteroatoms. The van der Waals surface area contributed by atoms with Gasteiger partial charge in [-0.15, -0.1) is 0 Å². The van der Waals surface area contributed by atoms with Gasteiger partial charge in [0.2, 0.25) is 0 Å². The highest BCUT2D eigenvalue weighted by Crippen LogP contribution is 2.31. The van der Waals surface area contributed by atoms with E-state index in [-0.39, 0.29) is 0 Å². The van der Waals surface area contributed by atoms with Crippen molar-refractivity contribution in [2.45, 2.75) is 46.1 Å². The third-order valence-corrected chi connectivity index (χ3v) is 3.57. The van der Waals surface area contributed by atoms with Crippen LogP contribution in [0.25, 0.3) is 0 Å². The van der Waals surface area contributed by atoms with E-state index in [0.29, 0.717) is 18.4 Å². The van der Waals surface area contributed by atoms with Crippen LogP contribution in [0.15, 0.2) is 5.16 Å². The number of nitrogens with zero attached hydrogens (tertiary/aromatic N) is 2. The van der Waals surface area contributed by atoms with Crippen molar-refractivity contribution in [3.63, 3.8) is 0 Å². The zero-order valence-electron chi connectivity index (χ0n) is 10.7. The Labute approximate surface area is 98.5 Å². The van der Waals surface area contributed by atoms with Crippen molar-refractivity contribution in [1.82, 2.24) is 4.90 Å². The number of amidine groups is 1. The minimum atomic E-state index is 0.313. The maximum atomic E-state index is 8.62. The van der Waals surface area contributed by atoms with Crippen LogP contribution in [0, 0.1) is 11.8 Å². The Morgan fingerprint density at radius 1 is 1.31 bits per heavy atom. The zero-order valence-corrected chi connectivity index (χ0v) is 10.7. The number of hydrogen-bond acceptors (Lipinski definition) is 3. The Bertz CT molecular complexity index is 232. The smallest absolute Gasteiger partial charge is 0.153 e. The van der Waals surface area contributed by atoms with E-state index in [4.69, 9.17) is 10.9 Å². The Morgan fingerprint density at radius 3 is 2.31 bits per heavy atom. The first kappa shape index (κ1) is 13.3. The predicted molar refractivity (Wildman–Crippen MR) is 66.6 cm³/mol. The maximum Gasteiger partial charge on any atom is 0.153 e. The predicted octanol–water partition coefficient (Wildman–Crippen LogP) is 1.88. The summed E-state index contributed by atoms with van der Waals surface area (Å²) in [6.07, 6.45) is 3.80. The molecule has 1 aliphatic rings. The molecular weight excluding hydrogens is 202 g/mol. The maximum absolute atomic E-state index is 8.62. The average molecular weight is 227 g/mol. The van der Waals surface area contributed by atoms with E-state index in [1.807, 2.05) is 0 Å². The molecule has 0 amide bonds. The fourth-order valence-electron chi connectivity index (χ4n) is 2.94. The molecule has 1 rings (SSSR count). The van der Waals surface area contributed by atoms with E-state index in [1.165, 1.54) is 19.3 Å². The minimum absolute atomic E-state index is 0.313. The second kappa shape index (κ2) is 6.09. The largest absolute Gasteiger partial charge is 0.409 e. The minimum Gasteiger partial charge on any atom is -0.409 e. The van der Waals surface area contributed by atoms with E-state index in [2.05, 4.69) is 30.8 Å². The van der Waals surface area contributed by atoms with Gasteiger partial charge in [0, 0.05) is 6.04 Å². The normalized spacial score (nSPS) is 32.0. The summed E-state index contributed by atoms with van der Waals surface area (Å²) in [5.74, 6) is 1.89. The van der Waals surface area contributed by atoms with Crippen molar-refractivity contribution in [3.05, 3.63) is 0 Å².